The molecule has 0 atom stereocenters. The second kappa shape index (κ2) is 4.78. The van der Waals surface area contributed by atoms with Gasteiger partial charge in [0.1, 0.15) is 0 Å². The van der Waals surface area contributed by atoms with Gasteiger partial charge in [0.15, 0.2) is 0 Å². The van der Waals surface area contributed by atoms with Crippen molar-refractivity contribution >= 4 is 0 Å². The maximum Gasteiger partial charge on any atom is 0.253 e. The van der Waals surface area contributed by atoms with Crippen LogP contribution >= 0.6 is 0 Å². The van der Waals surface area contributed by atoms with E-state index in [2.05, 4.69) is 5.32 Å². The number of nitro groups is 1. The third-order valence-electron chi connectivity index (χ3n) is 1.05. The molecule has 0 aliphatic carbocycles. The molecule has 0 saturated carbocycles. The molecule has 0 unspecified atom stereocenters. The summed E-state index contributed by atoms with van der Waals surface area (Å²) in [6.07, 6.45) is 1.68. The summed E-state index contributed by atoms with van der Waals surface area (Å²) in [5.41, 5.74) is 0.674. The predicted octanol–water partition coefficient (Wildman–Crippen LogP) is 1.12. The van der Waals surface area contributed by atoms with E-state index in [9.17, 15) is 10.1 Å². The minimum atomic E-state index is -0.443. The zero-order valence-electron chi connectivity index (χ0n) is 6.26. The van der Waals surface area contributed by atoms with Gasteiger partial charge in [-0.05, 0) is 13.3 Å². The van der Waals surface area contributed by atoms with Crippen LogP contribution in [0.15, 0.2) is 11.9 Å². The Bertz CT molecular complexity index is 143. The highest BCUT2D eigenvalue weighted by Crippen LogP contribution is 1.93. The summed E-state index contributed by atoms with van der Waals surface area (Å²) < 4.78 is 0. The van der Waals surface area contributed by atoms with Gasteiger partial charge in [-0.3, -0.25) is 10.1 Å². The highest BCUT2D eigenvalue weighted by atomic mass is 16.6. The van der Waals surface area contributed by atoms with Gasteiger partial charge in [0.2, 0.25) is 0 Å². The highest BCUT2D eigenvalue weighted by molar-refractivity contribution is 4.92. The summed E-state index contributed by atoms with van der Waals surface area (Å²) in [5.74, 6) is 0. The van der Waals surface area contributed by atoms with Crippen molar-refractivity contribution in [3.8, 4) is 0 Å². The highest BCUT2D eigenvalue weighted by Gasteiger charge is 1.95. The van der Waals surface area contributed by atoms with Crippen molar-refractivity contribution < 1.29 is 4.92 Å². The molecule has 0 aliphatic rings. The molecular formula is C6H12N2O2. The van der Waals surface area contributed by atoms with Crippen molar-refractivity contribution in [1.29, 1.82) is 0 Å². The van der Waals surface area contributed by atoms with Crippen LogP contribution in [-0.2, 0) is 0 Å². The van der Waals surface area contributed by atoms with Crippen LogP contribution in [0.4, 0.5) is 0 Å². The van der Waals surface area contributed by atoms with Gasteiger partial charge < -0.3 is 5.32 Å². The Morgan fingerprint density at radius 1 is 1.70 bits per heavy atom. The first-order valence-electron chi connectivity index (χ1n) is 3.28. The minimum absolute atomic E-state index is 0.443. The van der Waals surface area contributed by atoms with Gasteiger partial charge >= 0.3 is 0 Å². The summed E-state index contributed by atoms with van der Waals surface area (Å²) in [7, 11) is 0. The Kier molecular flexibility index (Phi) is 4.28. The van der Waals surface area contributed by atoms with Gasteiger partial charge in [0.05, 0.1) is 10.6 Å². The van der Waals surface area contributed by atoms with E-state index in [0.29, 0.717) is 12.1 Å². The smallest absolute Gasteiger partial charge is 0.253 e. The van der Waals surface area contributed by atoms with Gasteiger partial charge in [-0.2, -0.15) is 0 Å². The summed E-state index contributed by atoms with van der Waals surface area (Å²) in [5, 5.41) is 12.8. The molecule has 0 aliphatic heterocycles. The van der Waals surface area contributed by atoms with Crippen LogP contribution in [0.2, 0.25) is 0 Å². The van der Waals surface area contributed by atoms with E-state index in [0.717, 1.165) is 12.7 Å². The molecule has 0 spiro atoms. The minimum Gasteiger partial charge on any atom is -0.384 e. The molecule has 0 aromatic rings. The summed E-state index contributed by atoms with van der Waals surface area (Å²) in [4.78, 5) is 9.49. The molecule has 4 nitrogen and oxygen atoms in total. The van der Waals surface area contributed by atoms with Gasteiger partial charge in [0.25, 0.3) is 6.20 Å². The molecule has 0 aromatic carbocycles. The summed E-state index contributed by atoms with van der Waals surface area (Å²) in [6.45, 7) is 4.51. The fraction of sp³-hybridized carbons (Fsp3) is 0.667. The standard InChI is InChI=1S/C6H12N2O2/c1-3-6(7-4-2)5-8(9)10/h5,7H,3-4H2,1-2H3/b6-5+. The average molecular weight is 144 g/mol. The van der Waals surface area contributed by atoms with Gasteiger partial charge in [-0.25, -0.2) is 0 Å². The second-order valence-corrected chi connectivity index (χ2v) is 1.82. The maximum atomic E-state index is 9.93. The zero-order chi connectivity index (χ0) is 7.98. The third-order valence-corrected chi connectivity index (χ3v) is 1.05. The van der Waals surface area contributed by atoms with Crippen molar-refractivity contribution in [2.24, 2.45) is 0 Å². The Morgan fingerprint density at radius 3 is 2.60 bits per heavy atom. The Labute approximate surface area is 60.1 Å². The van der Waals surface area contributed by atoms with Crippen LogP contribution < -0.4 is 5.32 Å². The largest absolute Gasteiger partial charge is 0.384 e. The third kappa shape index (κ3) is 3.88. The van der Waals surface area contributed by atoms with Crippen LogP contribution in [0.5, 0.6) is 0 Å². The van der Waals surface area contributed by atoms with E-state index in [1.807, 2.05) is 13.8 Å². The second-order valence-electron chi connectivity index (χ2n) is 1.82. The van der Waals surface area contributed by atoms with Crippen molar-refractivity contribution in [3.05, 3.63) is 22.0 Å². The Balaban J connectivity index is 3.91. The number of nitrogens with zero attached hydrogens (tertiary/aromatic N) is 1. The van der Waals surface area contributed by atoms with E-state index in [-0.39, 0.29) is 0 Å². The molecule has 0 fully saturated rings. The molecule has 0 bridgehead atoms. The number of allylic oxidation sites excluding steroid dienone is 1. The topological polar surface area (TPSA) is 55.2 Å². The molecule has 0 amide bonds. The predicted molar refractivity (Wildman–Crippen MR) is 39.0 cm³/mol. The Hall–Kier alpha value is -1.06. The monoisotopic (exact) mass is 144 g/mol. The quantitative estimate of drug-likeness (QED) is 0.475. The van der Waals surface area contributed by atoms with E-state index in [1.165, 1.54) is 0 Å². The number of hydrogen-bond donors (Lipinski definition) is 1. The van der Waals surface area contributed by atoms with Crippen LogP contribution in [0.3, 0.4) is 0 Å². The zero-order valence-corrected chi connectivity index (χ0v) is 6.26. The molecule has 10 heavy (non-hydrogen) atoms. The molecule has 4 heteroatoms. The lowest BCUT2D eigenvalue weighted by molar-refractivity contribution is -0.403. The number of nitrogens with one attached hydrogen (secondary N) is 1. The van der Waals surface area contributed by atoms with Crippen LogP contribution in [0.25, 0.3) is 0 Å². The van der Waals surface area contributed by atoms with Gasteiger partial charge in [0, 0.05) is 6.54 Å². The normalized spacial score (nSPS) is 11.2. The average Bonchev–Trinajstić information content (AvgIpc) is 1.86. The fourth-order valence-electron chi connectivity index (χ4n) is 0.616. The van der Waals surface area contributed by atoms with Crippen molar-refractivity contribution in [1.82, 2.24) is 5.32 Å². The molecule has 0 saturated heterocycles. The molecule has 0 radical (unpaired) electrons. The van der Waals surface area contributed by atoms with Crippen LogP contribution in [0, 0.1) is 10.1 Å². The summed E-state index contributed by atoms with van der Waals surface area (Å²) in [6, 6.07) is 0. The first-order chi connectivity index (χ1) is 4.70. The van der Waals surface area contributed by atoms with Gasteiger partial charge in [-0.15, -0.1) is 0 Å². The van der Waals surface area contributed by atoms with Crippen LogP contribution in [-0.4, -0.2) is 11.5 Å². The van der Waals surface area contributed by atoms with Crippen LogP contribution in [0.1, 0.15) is 20.3 Å². The van der Waals surface area contributed by atoms with E-state index in [1.54, 1.807) is 0 Å². The molecular weight excluding hydrogens is 132 g/mol. The number of hydrogen-bond acceptors (Lipinski definition) is 3. The SMILES string of the molecule is CCN/C(=C/[N+](=O)[O-])CC. The van der Waals surface area contributed by atoms with Crippen molar-refractivity contribution in [2.75, 3.05) is 6.54 Å². The lowest BCUT2D eigenvalue weighted by atomic mass is 10.3. The summed E-state index contributed by atoms with van der Waals surface area (Å²) >= 11 is 0. The first-order valence-corrected chi connectivity index (χ1v) is 3.28. The van der Waals surface area contributed by atoms with E-state index < -0.39 is 4.92 Å². The number of rotatable bonds is 4. The van der Waals surface area contributed by atoms with Gasteiger partial charge in [-0.1, -0.05) is 6.92 Å². The molecule has 0 rings (SSSR count). The molecule has 1 N–H and O–H groups in total. The van der Waals surface area contributed by atoms with Crippen molar-refractivity contribution in [3.63, 3.8) is 0 Å². The molecule has 0 aromatic heterocycles. The van der Waals surface area contributed by atoms with Crippen molar-refractivity contribution in [2.45, 2.75) is 20.3 Å². The molecule has 0 heterocycles. The lowest BCUT2D eigenvalue weighted by Gasteiger charge is -2.00. The first kappa shape index (κ1) is 8.94. The lowest BCUT2D eigenvalue weighted by Crippen LogP contribution is -2.12. The van der Waals surface area contributed by atoms with E-state index in [4.69, 9.17) is 0 Å². The maximum absolute atomic E-state index is 9.93. The Morgan fingerprint density at radius 2 is 2.30 bits per heavy atom. The fourth-order valence-corrected chi connectivity index (χ4v) is 0.616. The van der Waals surface area contributed by atoms with E-state index >= 15 is 0 Å². The molecule has 58 valence electrons.